The van der Waals surface area contributed by atoms with Crippen LogP contribution in [0.3, 0.4) is 0 Å². The number of rotatable bonds is 3. The first kappa shape index (κ1) is 19.2. The van der Waals surface area contributed by atoms with Gasteiger partial charge in [-0.25, -0.2) is 0 Å². The van der Waals surface area contributed by atoms with Crippen molar-refractivity contribution in [3.8, 4) is 0 Å². The topological polar surface area (TPSA) is 85.1 Å². The van der Waals surface area contributed by atoms with Crippen LogP contribution in [0.15, 0.2) is 12.1 Å². The molecular weight excluding hydrogens is 381 g/mol. The minimum absolute atomic E-state index is 0.138. The molecule has 9 heteroatoms. The van der Waals surface area contributed by atoms with E-state index in [9.17, 15) is 9.59 Å². The summed E-state index contributed by atoms with van der Waals surface area (Å²) in [5, 5.41) is 2.55. The quantitative estimate of drug-likeness (QED) is 0.785. The number of carbonyl (C=O) groups excluding carboxylic acids is 2. The first-order valence-corrected chi connectivity index (χ1v) is 8.89. The highest BCUT2D eigenvalue weighted by Gasteiger charge is 2.52. The maximum Gasteiger partial charge on any atom is 0.256 e. The van der Waals surface area contributed by atoms with Crippen molar-refractivity contribution < 1.29 is 19.3 Å². The Morgan fingerprint density at radius 3 is 1.81 bits per heavy atom. The highest BCUT2D eigenvalue weighted by molar-refractivity contribution is 6.44. The Kier molecular flexibility index (Phi) is 4.63. The van der Waals surface area contributed by atoms with Crippen LogP contribution in [0.25, 0.3) is 0 Å². The zero-order chi connectivity index (χ0) is 19.4. The van der Waals surface area contributed by atoms with Gasteiger partial charge in [0.05, 0.1) is 39.8 Å². The van der Waals surface area contributed by atoms with E-state index in [1.807, 2.05) is 0 Å². The summed E-state index contributed by atoms with van der Waals surface area (Å²) in [4.78, 5) is 36.9. The van der Waals surface area contributed by atoms with Gasteiger partial charge in [-0.15, -0.1) is 0 Å². The zero-order valence-electron chi connectivity index (χ0n) is 15.0. The highest BCUT2D eigenvalue weighted by atomic mass is 35.5. The summed E-state index contributed by atoms with van der Waals surface area (Å²) in [6.45, 7) is 7.41. The molecule has 0 bridgehead atoms. The van der Waals surface area contributed by atoms with Crippen molar-refractivity contribution in [3.05, 3.63) is 27.7 Å². The number of hydroxylamine groups is 4. The highest BCUT2D eigenvalue weighted by Crippen LogP contribution is 2.44. The fourth-order valence-corrected chi connectivity index (χ4v) is 3.23. The molecule has 0 radical (unpaired) electrons. The van der Waals surface area contributed by atoms with E-state index < -0.39 is 17.0 Å². The van der Waals surface area contributed by atoms with Gasteiger partial charge < -0.3 is 5.73 Å². The minimum atomic E-state index is -1.01. The van der Waals surface area contributed by atoms with Crippen LogP contribution in [0.5, 0.6) is 0 Å². The summed E-state index contributed by atoms with van der Waals surface area (Å²) >= 11 is 12.6. The fraction of sp³-hybridized carbons (Fsp3) is 0.529. The molecule has 2 aliphatic rings. The van der Waals surface area contributed by atoms with Crippen molar-refractivity contribution in [2.24, 2.45) is 10.8 Å². The first-order chi connectivity index (χ1) is 12.0. The lowest BCUT2D eigenvalue weighted by atomic mass is 9.93. The van der Waals surface area contributed by atoms with Gasteiger partial charge >= 0.3 is 0 Å². The number of halogens is 2. The van der Waals surface area contributed by atoms with E-state index in [1.165, 1.54) is 0 Å². The average Bonchev–Trinajstić information content (AvgIpc) is 2.98. The van der Waals surface area contributed by atoms with E-state index in [2.05, 4.69) is 0 Å². The molecule has 0 aliphatic carbocycles. The monoisotopic (exact) mass is 401 g/mol. The third-order valence-corrected chi connectivity index (χ3v) is 5.46. The molecule has 2 fully saturated rings. The predicted octanol–water partition coefficient (Wildman–Crippen LogP) is 3.17. The number of nitrogens with zero attached hydrogens (tertiary/aromatic N) is 2. The standard InChI is InChI=1S/C17H21Cl2N3O4/c1-16(2)7-25-21(14(16)23)13(22-15(24)17(3,4)8-26-22)9-5-6-10(20)12(19)11(9)18/h5-6,13H,7-8,20H2,1-4H3. The molecule has 2 N–H and O–H groups in total. The van der Waals surface area contributed by atoms with E-state index in [4.69, 9.17) is 38.6 Å². The van der Waals surface area contributed by atoms with Gasteiger partial charge in [-0.1, -0.05) is 29.3 Å². The Bertz CT molecular complexity index is 746. The van der Waals surface area contributed by atoms with Gasteiger partial charge in [-0.3, -0.25) is 19.3 Å². The molecule has 7 nitrogen and oxygen atoms in total. The molecule has 0 spiro atoms. The van der Waals surface area contributed by atoms with Crippen LogP contribution < -0.4 is 5.73 Å². The van der Waals surface area contributed by atoms with Crippen LogP contribution in [0, 0.1) is 10.8 Å². The molecule has 0 saturated carbocycles. The Hall–Kier alpha value is -1.54. The van der Waals surface area contributed by atoms with Crippen molar-refractivity contribution in [3.63, 3.8) is 0 Å². The van der Waals surface area contributed by atoms with Crippen LogP contribution in [0.2, 0.25) is 10.0 Å². The summed E-state index contributed by atoms with van der Waals surface area (Å²) in [6, 6.07) is 3.17. The number of hydrogen-bond donors (Lipinski definition) is 1. The molecular formula is C17H21Cl2N3O4. The lowest BCUT2D eigenvalue weighted by Crippen LogP contribution is -2.45. The maximum atomic E-state index is 12.8. The average molecular weight is 402 g/mol. The van der Waals surface area contributed by atoms with Gasteiger partial charge in [-0.05, 0) is 33.8 Å². The Balaban J connectivity index is 2.11. The summed E-state index contributed by atoms with van der Waals surface area (Å²) in [5.41, 5.74) is 5.01. The van der Waals surface area contributed by atoms with Gasteiger partial charge in [0.2, 0.25) is 0 Å². The van der Waals surface area contributed by atoms with Crippen molar-refractivity contribution >= 4 is 40.7 Å². The second-order valence-corrected chi connectivity index (χ2v) is 8.58. The van der Waals surface area contributed by atoms with E-state index >= 15 is 0 Å². The molecule has 0 atom stereocenters. The molecule has 3 rings (SSSR count). The summed E-state index contributed by atoms with van der Waals surface area (Å²) in [6.07, 6.45) is -1.01. The van der Waals surface area contributed by atoms with Crippen LogP contribution in [0.1, 0.15) is 39.4 Å². The van der Waals surface area contributed by atoms with Gasteiger partial charge in [-0.2, -0.15) is 10.1 Å². The number of amides is 2. The predicted molar refractivity (Wildman–Crippen MR) is 96.8 cm³/mol. The van der Waals surface area contributed by atoms with Gasteiger partial charge in [0.25, 0.3) is 11.8 Å². The number of hydrogen-bond acceptors (Lipinski definition) is 5. The van der Waals surface area contributed by atoms with E-state index in [0.29, 0.717) is 11.3 Å². The Morgan fingerprint density at radius 2 is 1.42 bits per heavy atom. The lowest BCUT2D eigenvalue weighted by Gasteiger charge is -2.34. The Morgan fingerprint density at radius 1 is 0.962 bits per heavy atom. The SMILES string of the molecule is CC1(C)CON(C(c2ccc(N)c(Cl)c2Cl)N2OCC(C)(C)C2=O)C1=O. The first-order valence-electron chi connectivity index (χ1n) is 8.14. The van der Waals surface area contributed by atoms with Crippen molar-refractivity contribution in [2.75, 3.05) is 18.9 Å². The molecule has 0 unspecified atom stereocenters. The molecule has 1 aromatic carbocycles. The molecule has 26 heavy (non-hydrogen) atoms. The number of carbonyl (C=O) groups is 2. The smallest absolute Gasteiger partial charge is 0.256 e. The van der Waals surface area contributed by atoms with Crippen molar-refractivity contribution in [1.29, 1.82) is 0 Å². The third kappa shape index (κ3) is 2.93. The molecule has 1 aromatic rings. The van der Waals surface area contributed by atoms with E-state index in [0.717, 1.165) is 10.1 Å². The van der Waals surface area contributed by atoms with Crippen molar-refractivity contribution in [1.82, 2.24) is 10.1 Å². The van der Waals surface area contributed by atoms with Crippen LogP contribution >= 0.6 is 23.2 Å². The third-order valence-electron chi connectivity index (χ3n) is 4.55. The molecule has 142 valence electrons. The minimum Gasteiger partial charge on any atom is -0.397 e. The van der Waals surface area contributed by atoms with E-state index in [-0.39, 0.29) is 35.1 Å². The van der Waals surface area contributed by atoms with Crippen LogP contribution in [-0.2, 0) is 19.3 Å². The molecule has 2 heterocycles. The Labute approximate surface area is 161 Å². The molecule has 2 aliphatic heterocycles. The van der Waals surface area contributed by atoms with Gasteiger partial charge in [0.1, 0.15) is 0 Å². The number of anilines is 1. The number of nitrogen functional groups attached to an aromatic ring is 1. The maximum absolute atomic E-state index is 12.8. The zero-order valence-corrected chi connectivity index (χ0v) is 16.5. The lowest BCUT2D eigenvalue weighted by molar-refractivity contribution is -0.251. The molecule has 0 aromatic heterocycles. The summed E-state index contributed by atoms with van der Waals surface area (Å²) in [7, 11) is 0. The van der Waals surface area contributed by atoms with Crippen LogP contribution in [-0.4, -0.2) is 35.2 Å². The van der Waals surface area contributed by atoms with Crippen LogP contribution in [0.4, 0.5) is 5.69 Å². The van der Waals surface area contributed by atoms with Crippen molar-refractivity contribution in [2.45, 2.75) is 33.9 Å². The normalized spacial score (nSPS) is 22.0. The number of benzene rings is 1. The fourth-order valence-electron chi connectivity index (χ4n) is 2.79. The van der Waals surface area contributed by atoms with E-state index in [1.54, 1.807) is 39.8 Å². The summed E-state index contributed by atoms with van der Waals surface area (Å²) in [5.74, 6) is -0.569. The van der Waals surface area contributed by atoms with Gasteiger partial charge in [0, 0.05) is 5.56 Å². The summed E-state index contributed by atoms with van der Waals surface area (Å²) < 4.78 is 0. The second-order valence-electron chi connectivity index (χ2n) is 7.82. The number of nitrogens with two attached hydrogens (primary N) is 1. The largest absolute Gasteiger partial charge is 0.397 e. The van der Waals surface area contributed by atoms with Gasteiger partial charge in [0.15, 0.2) is 6.17 Å². The molecule has 2 saturated heterocycles. The second kappa shape index (κ2) is 6.27. The molecule has 2 amide bonds.